The molecule has 2 amide bonds. The van der Waals surface area contributed by atoms with Crippen LogP contribution in [0, 0.1) is 22.0 Å². The minimum atomic E-state index is -1.28. The first-order valence-corrected chi connectivity index (χ1v) is 17.7. The zero-order chi connectivity index (χ0) is 42.9. The first-order valence-electron chi connectivity index (χ1n) is 17.7. The molecule has 0 heterocycles. The second kappa shape index (κ2) is 21.8. The van der Waals surface area contributed by atoms with Gasteiger partial charge in [0.25, 0.3) is 17.5 Å². The number of nitrogens with zero attached hydrogens (tertiary/aromatic N) is 3. The normalized spacial score (nSPS) is 11.3. The predicted octanol–water partition coefficient (Wildman–Crippen LogP) is 4.42. The number of ether oxygens (including phenoxy) is 4. The van der Waals surface area contributed by atoms with E-state index >= 15 is 0 Å². The highest BCUT2D eigenvalue weighted by Crippen LogP contribution is 2.24. The lowest BCUT2D eigenvalue weighted by molar-refractivity contribution is -0.385. The van der Waals surface area contributed by atoms with Gasteiger partial charge in [-0.2, -0.15) is 0 Å². The molecule has 0 saturated carbocycles. The Morgan fingerprint density at radius 2 is 0.983 bits per heavy atom. The van der Waals surface area contributed by atoms with Crippen molar-refractivity contribution in [2.24, 2.45) is 11.8 Å². The summed E-state index contributed by atoms with van der Waals surface area (Å²) in [5.74, 6) is -6.22. The van der Waals surface area contributed by atoms with Crippen LogP contribution in [0.5, 0.6) is 0 Å². The van der Waals surface area contributed by atoms with E-state index in [1.165, 1.54) is 49.2 Å². The SMILES string of the molecule is COC(=O)C(Cc1ccc(N)c(C(=O)N(C)C)c1)C(=O)OCc1ccccc1.COC(=O)C(Cc1ccc([N+](=O)[O-])c(C(=O)N(C)C)c1)C(=O)OCc1ccccc1. The van der Waals surface area contributed by atoms with E-state index in [-0.39, 0.29) is 43.2 Å². The molecule has 2 atom stereocenters. The molecule has 4 rings (SSSR count). The number of hydrogen-bond donors (Lipinski definition) is 1. The van der Waals surface area contributed by atoms with E-state index in [2.05, 4.69) is 0 Å². The quantitative estimate of drug-likeness (QED) is 0.0441. The van der Waals surface area contributed by atoms with Gasteiger partial charge in [-0.15, -0.1) is 0 Å². The van der Waals surface area contributed by atoms with Crippen molar-refractivity contribution in [2.75, 3.05) is 48.1 Å². The average molecular weight is 799 g/mol. The Hall–Kier alpha value is -7.10. The summed E-state index contributed by atoms with van der Waals surface area (Å²) in [6, 6.07) is 26.8. The lowest BCUT2D eigenvalue weighted by Crippen LogP contribution is -2.29. The molecule has 0 aliphatic carbocycles. The number of carbonyl (C=O) groups excluding carboxylic acids is 6. The van der Waals surface area contributed by atoms with Gasteiger partial charge in [0.2, 0.25) is 0 Å². The molecule has 58 heavy (non-hydrogen) atoms. The first kappa shape index (κ1) is 45.3. The Bertz CT molecular complexity index is 2090. The molecule has 16 heteroatoms. The number of nitrogens with two attached hydrogens (primary N) is 1. The van der Waals surface area contributed by atoms with Crippen molar-refractivity contribution in [1.29, 1.82) is 0 Å². The minimum absolute atomic E-state index is 0.0161. The van der Waals surface area contributed by atoms with E-state index in [0.29, 0.717) is 22.4 Å². The van der Waals surface area contributed by atoms with Crippen LogP contribution in [0.15, 0.2) is 97.1 Å². The zero-order valence-corrected chi connectivity index (χ0v) is 33.0. The fraction of sp³-hybridized carbons (Fsp3) is 0.286. The fourth-order valence-corrected chi connectivity index (χ4v) is 5.38. The third-order valence-electron chi connectivity index (χ3n) is 8.52. The summed E-state index contributed by atoms with van der Waals surface area (Å²) >= 11 is 0. The standard InChI is InChI=1S/C21H22N2O7.C21H24N2O5/c1-22(2)19(24)16-11-15(9-10-18(16)23(27)28)12-17(20(25)29-3)21(26)30-13-14-7-5-4-6-8-14;1-23(2)19(24)16-11-15(9-10-18(16)22)12-17(20(25)27-3)21(26)28-13-14-7-5-4-6-8-14/h4-11,17H,12-13H2,1-3H3;4-11,17H,12-13,22H2,1-3H3. The van der Waals surface area contributed by atoms with E-state index in [9.17, 15) is 38.9 Å². The summed E-state index contributed by atoms with van der Waals surface area (Å²) in [5, 5.41) is 11.3. The number of nitro groups is 1. The number of amides is 2. The van der Waals surface area contributed by atoms with Crippen LogP contribution in [-0.2, 0) is 64.2 Å². The molecule has 0 spiro atoms. The van der Waals surface area contributed by atoms with Crippen molar-refractivity contribution in [1.82, 2.24) is 9.80 Å². The molecule has 2 N–H and O–H groups in total. The Kier molecular flexibility index (Phi) is 17.1. The molecular formula is C42H46N4O12. The summed E-state index contributed by atoms with van der Waals surface area (Å²) in [4.78, 5) is 87.1. The van der Waals surface area contributed by atoms with Crippen LogP contribution in [0.25, 0.3) is 0 Å². The maximum Gasteiger partial charge on any atom is 0.321 e. The van der Waals surface area contributed by atoms with Gasteiger partial charge < -0.3 is 34.5 Å². The second-order valence-corrected chi connectivity index (χ2v) is 13.2. The van der Waals surface area contributed by atoms with Gasteiger partial charge in [-0.25, -0.2) is 0 Å². The molecule has 0 aromatic heterocycles. The lowest BCUT2D eigenvalue weighted by atomic mass is 9.97. The van der Waals surface area contributed by atoms with Gasteiger partial charge in [0.15, 0.2) is 11.8 Å². The van der Waals surface area contributed by atoms with Crippen molar-refractivity contribution < 1.29 is 52.6 Å². The van der Waals surface area contributed by atoms with Crippen LogP contribution in [-0.4, -0.2) is 92.8 Å². The average Bonchev–Trinajstić information content (AvgIpc) is 3.23. The van der Waals surface area contributed by atoms with Crippen LogP contribution in [0.4, 0.5) is 11.4 Å². The number of carbonyl (C=O) groups is 6. The number of methoxy groups -OCH3 is 2. The third-order valence-corrected chi connectivity index (χ3v) is 8.52. The first-order chi connectivity index (χ1) is 27.6. The number of nitro benzene ring substituents is 1. The maximum absolute atomic E-state index is 12.5. The zero-order valence-electron chi connectivity index (χ0n) is 33.0. The third kappa shape index (κ3) is 13.0. The van der Waals surface area contributed by atoms with E-state index in [1.54, 1.807) is 56.6 Å². The van der Waals surface area contributed by atoms with Crippen molar-refractivity contribution in [3.05, 3.63) is 141 Å². The highest BCUT2D eigenvalue weighted by molar-refractivity contribution is 6.00. The second-order valence-electron chi connectivity index (χ2n) is 13.2. The number of hydrogen-bond acceptors (Lipinski definition) is 13. The predicted molar refractivity (Wildman–Crippen MR) is 211 cm³/mol. The van der Waals surface area contributed by atoms with Crippen LogP contribution in [0.3, 0.4) is 0 Å². The van der Waals surface area contributed by atoms with Gasteiger partial charge in [0.1, 0.15) is 18.8 Å². The Balaban J connectivity index is 0.000000311. The number of nitrogen functional groups attached to an aromatic ring is 1. The molecule has 0 radical (unpaired) electrons. The highest BCUT2D eigenvalue weighted by Gasteiger charge is 2.32. The molecule has 0 saturated heterocycles. The number of anilines is 1. The van der Waals surface area contributed by atoms with E-state index in [4.69, 9.17) is 24.7 Å². The van der Waals surface area contributed by atoms with Crippen LogP contribution >= 0.6 is 0 Å². The summed E-state index contributed by atoms with van der Waals surface area (Å²) in [5.41, 5.74) is 8.57. The Morgan fingerprint density at radius 3 is 1.38 bits per heavy atom. The molecule has 306 valence electrons. The van der Waals surface area contributed by atoms with Gasteiger partial charge in [-0.1, -0.05) is 72.8 Å². The lowest BCUT2D eigenvalue weighted by Gasteiger charge is -2.16. The molecule has 4 aromatic rings. The van der Waals surface area contributed by atoms with Crippen molar-refractivity contribution in [3.8, 4) is 0 Å². The van der Waals surface area contributed by atoms with Crippen LogP contribution in [0.2, 0.25) is 0 Å². The van der Waals surface area contributed by atoms with E-state index in [1.807, 2.05) is 36.4 Å². The van der Waals surface area contributed by atoms with E-state index < -0.39 is 46.5 Å². The van der Waals surface area contributed by atoms with Gasteiger partial charge in [-0.3, -0.25) is 38.9 Å². The number of benzene rings is 4. The Morgan fingerprint density at radius 1 is 0.586 bits per heavy atom. The number of rotatable bonds is 15. The van der Waals surface area contributed by atoms with Gasteiger partial charge in [-0.05, 0) is 53.3 Å². The molecular weight excluding hydrogens is 752 g/mol. The number of esters is 4. The summed E-state index contributed by atoms with van der Waals surface area (Å²) in [6.07, 6.45) is -0.0969. The molecule has 0 aliphatic heterocycles. The van der Waals surface area contributed by atoms with Gasteiger partial charge in [0, 0.05) is 39.9 Å². The maximum atomic E-state index is 12.5. The molecule has 16 nitrogen and oxygen atoms in total. The van der Waals surface area contributed by atoms with E-state index in [0.717, 1.165) is 18.2 Å². The summed E-state index contributed by atoms with van der Waals surface area (Å²) < 4.78 is 20.0. The van der Waals surface area contributed by atoms with Crippen molar-refractivity contribution in [3.63, 3.8) is 0 Å². The summed E-state index contributed by atoms with van der Waals surface area (Å²) in [7, 11) is 8.54. The highest BCUT2D eigenvalue weighted by atomic mass is 16.6. The smallest absolute Gasteiger partial charge is 0.321 e. The molecule has 2 unspecified atom stereocenters. The molecule has 0 fully saturated rings. The minimum Gasteiger partial charge on any atom is -0.468 e. The molecule has 0 bridgehead atoms. The summed E-state index contributed by atoms with van der Waals surface area (Å²) in [6.45, 7) is 0.0388. The largest absolute Gasteiger partial charge is 0.468 e. The van der Waals surface area contributed by atoms with Crippen molar-refractivity contribution in [2.45, 2.75) is 26.1 Å². The van der Waals surface area contributed by atoms with Gasteiger partial charge >= 0.3 is 23.9 Å². The van der Waals surface area contributed by atoms with Crippen LogP contribution < -0.4 is 5.73 Å². The van der Waals surface area contributed by atoms with Crippen LogP contribution in [0.1, 0.15) is 43.0 Å². The molecule has 0 aliphatic rings. The van der Waals surface area contributed by atoms with Crippen molar-refractivity contribution >= 4 is 47.1 Å². The fourth-order valence-electron chi connectivity index (χ4n) is 5.38. The monoisotopic (exact) mass is 798 g/mol. The van der Waals surface area contributed by atoms with Gasteiger partial charge in [0.05, 0.1) is 24.7 Å². The molecule has 4 aromatic carbocycles. The topological polar surface area (TPSA) is 215 Å². The Labute approximate surface area is 335 Å².